The largest absolute Gasteiger partial charge is 0.493 e. The van der Waals surface area contributed by atoms with Gasteiger partial charge in [0.05, 0.1) is 12.5 Å². The van der Waals surface area contributed by atoms with Gasteiger partial charge in [0.1, 0.15) is 5.75 Å². The number of aliphatic carboxylic acids is 1. The van der Waals surface area contributed by atoms with E-state index in [2.05, 4.69) is 15.9 Å². The lowest BCUT2D eigenvalue weighted by atomic mass is 9.97. The Balaban J connectivity index is 2.29. The summed E-state index contributed by atoms with van der Waals surface area (Å²) in [4.78, 5) is 10.9. The zero-order valence-corrected chi connectivity index (χ0v) is 9.66. The summed E-state index contributed by atoms with van der Waals surface area (Å²) in [5, 5.41) is 8.98. The highest BCUT2D eigenvalue weighted by Crippen LogP contribution is 2.29. The third-order valence-corrected chi connectivity index (χ3v) is 3.06. The summed E-state index contributed by atoms with van der Waals surface area (Å²) in [7, 11) is 0. The van der Waals surface area contributed by atoms with E-state index in [0.29, 0.717) is 19.4 Å². The number of carbonyl (C=O) groups is 1. The second kappa shape index (κ2) is 4.23. The summed E-state index contributed by atoms with van der Waals surface area (Å²) in [6.45, 7) is 0.473. The molecule has 0 aromatic heterocycles. The van der Waals surface area contributed by atoms with Crippen molar-refractivity contribution >= 4 is 21.9 Å². The van der Waals surface area contributed by atoms with Gasteiger partial charge < -0.3 is 9.84 Å². The normalized spacial score (nSPS) is 19.9. The van der Waals surface area contributed by atoms with Crippen molar-refractivity contribution < 1.29 is 14.6 Å². The van der Waals surface area contributed by atoms with Gasteiger partial charge in [-0.15, -0.1) is 0 Å². The van der Waals surface area contributed by atoms with Gasteiger partial charge in [-0.2, -0.15) is 0 Å². The van der Waals surface area contributed by atoms with E-state index in [1.807, 2.05) is 18.2 Å². The molecule has 3 nitrogen and oxygen atoms in total. The number of fused-ring (bicyclic) bond motifs is 1. The lowest BCUT2D eigenvalue weighted by Gasteiger charge is -2.07. The zero-order valence-electron chi connectivity index (χ0n) is 8.07. The number of rotatable bonds is 1. The van der Waals surface area contributed by atoms with Gasteiger partial charge in [-0.25, -0.2) is 0 Å². The number of halogens is 1. The molecule has 0 saturated carbocycles. The fourth-order valence-electron chi connectivity index (χ4n) is 1.72. The van der Waals surface area contributed by atoms with Gasteiger partial charge in [0.25, 0.3) is 0 Å². The maximum absolute atomic E-state index is 10.9. The predicted octanol–water partition coefficient (Wildman–Crippen LogP) is 2.47. The summed E-state index contributed by atoms with van der Waals surface area (Å²) in [5.74, 6) is -0.269. The first-order valence-corrected chi connectivity index (χ1v) is 5.60. The lowest BCUT2D eigenvalue weighted by molar-refractivity contribution is -0.142. The standard InChI is InChI=1S/C11H11BrO3/c12-9-2-1-7-5-8(11(13)14)3-4-15-10(7)6-9/h1-2,6,8H,3-5H2,(H,13,14). The first kappa shape index (κ1) is 10.5. The highest BCUT2D eigenvalue weighted by atomic mass is 79.9. The molecule has 4 heteroatoms. The summed E-state index contributed by atoms with van der Waals surface area (Å²) >= 11 is 3.36. The topological polar surface area (TPSA) is 46.5 Å². The summed E-state index contributed by atoms with van der Waals surface area (Å²) < 4.78 is 6.47. The van der Waals surface area contributed by atoms with Crippen LogP contribution in [0.2, 0.25) is 0 Å². The fourth-order valence-corrected chi connectivity index (χ4v) is 2.06. The van der Waals surface area contributed by atoms with Crippen LogP contribution in [0.4, 0.5) is 0 Å². The van der Waals surface area contributed by atoms with Crippen LogP contribution in [0.5, 0.6) is 5.75 Å². The summed E-state index contributed by atoms with van der Waals surface area (Å²) in [6, 6.07) is 5.71. The molecule has 1 aromatic carbocycles. The number of hydrogen-bond acceptors (Lipinski definition) is 2. The second-order valence-electron chi connectivity index (χ2n) is 3.63. The average Bonchev–Trinajstić information content (AvgIpc) is 2.39. The Kier molecular flexibility index (Phi) is 2.95. The van der Waals surface area contributed by atoms with E-state index in [1.165, 1.54) is 0 Å². The van der Waals surface area contributed by atoms with Gasteiger partial charge in [-0.05, 0) is 30.5 Å². The molecule has 15 heavy (non-hydrogen) atoms. The fraction of sp³-hybridized carbons (Fsp3) is 0.364. The van der Waals surface area contributed by atoms with Crippen molar-refractivity contribution in [3.63, 3.8) is 0 Å². The maximum atomic E-state index is 10.9. The van der Waals surface area contributed by atoms with Crippen molar-refractivity contribution in [2.75, 3.05) is 6.61 Å². The Morgan fingerprint density at radius 3 is 3.07 bits per heavy atom. The summed E-state index contributed by atoms with van der Waals surface area (Å²) in [6.07, 6.45) is 1.12. The van der Waals surface area contributed by atoms with Crippen LogP contribution in [0.25, 0.3) is 0 Å². The molecule has 1 aliphatic rings. The van der Waals surface area contributed by atoms with Gasteiger partial charge >= 0.3 is 5.97 Å². The van der Waals surface area contributed by atoms with E-state index in [9.17, 15) is 4.79 Å². The van der Waals surface area contributed by atoms with Crippen molar-refractivity contribution in [2.24, 2.45) is 5.92 Å². The molecule has 80 valence electrons. The molecule has 1 N–H and O–H groups in total. The molecule has 0 amide bonds. The van der Waals surface area contributed by atoms with Gasteiger partial charge in [-0.3, -0.25) is 4.79 Å². The molecule has 1 aromatic rings. The Hall–Kier alpha value is -1.03. The molecule has 0 aliphatic carbocycles. The van der Waals surface area contributed by atoms with Crippen LogP contribution < -0.4 is 4.74 Å². The smallest absolute Gasteiger partial charge is 0.306 e. The van der Waals surface area contributed by atoms with Crippen LogP contribution in [0, 0.1) is 5.92 Å². The minimum atomic E-state index is -0.741. The molecule has 1 heterocycles. The lowest BCUT2D eigenvalue weighted by Crippen LogP contribution is -2.16. The van der Waals surface area contributed by atoms with Crippen molar-refractivity contribution in [2.45, 2.75) is 12.8 Å². The zero-order chi connectivity index (χ0) is 10.8. The van der Waals surface area contributed by atoms with Crippen molar-refractivity contribution in [1.82, 2.24) is 0 Å². The van der Waals surface area contributed by atoms with Crippen LogP contribution in [0.3, 0.4) is 0 Å². The number of carboxylic acids is 1. The Bertz CT molecular complexity index is 389. The number of benzene rings is 1. The quantitative estimate of drug-likeness (QED) is 0.853. The van der Waals surface area contributed by atoms with Gasteiger partial charge in [0.2, 0.25) is 0 Å². The van der Waals surface area contributed by atoms with E-state index < -0.39 is 5.97 Å². The first-order chi connectivity index (χ1) is 7.16. The van der Waals surface area contributed by atoms with E-state index in [1.54, 1.807) is 0 Å². The molecule has 0 spiro atoms. The SMILES string of the molecule is O=C(O)C1CCOc2cc(Br)ccc2C1. The Morgan fingerprint density at radius 1 is 1.53 bits per heavy atom. The molecule has 1 unspecified atom stereocenters. The average molecular weight is 271 g/mol. The molecular weight excluding hydrogens is 260 g/mol. The molecule has 0 bridgehead atoms. The Morgan fingerprint density at radius 2 is 2.33 bits per heavy atom. The molecular formula is C11H11BrO3. The van der Waals surface area contributed by atoms with Crippen molar-refractivity contribution in [3.8, 4) is 5.75 Å². The molecule has 0 saturated heterocycles. The van der Waals surface area contributed by atoms with Crippen LogP contribution >= 0.6 is 15.9 Å². The van der Waals surface area contributed by atoms with Crippen LogP contribution in [-0.2, 0) is 11.2 Å². The number of ether oxygens (including phenoxy) is 1. The number of carboxylic acid groups (broad SMARTS) is 1. The summed E-state index contributed by atoms with van der Waals surface area (Å²) in [5.41, 5.74) is 0.975. The van der Waals surface area contributed by atoms with Crippen LogP contribution in [-0.4, -0.2) is 17.7 Å². The van der Waals surface area contributed by atoms with Crippen molar-refractivity contribution in [3.05, 3.63) is 28.2 Å². The predicted molar refractivity (Wildman–Crippen MR) is 59.1 cm³/mol. The monoisotopic (exact) mass is 270 g/mol. The number of hydrogen-bond donors (Lipinski definition) is 1. The van der Waals surface area contributed by atoms with Crippen molar-refractivity contribution in [1.29, 1.82) is 0 Å². The molecule has 0 radical (unpaired) electrons. The molecule has 0 fully saturated rings. The molecule has 2 rings (SSSR count). The first-order valence-electron chi connectivity index (χ1n) is 4.81. The highest BCUT2D eigenvalue weighted by Gasteiger charge is 2.23. The molecule has 1 atom stereocenters. The Labute approximate surface area is 96.2 Å². The highest BCUT2D eigenvalue weighted by molar-refractivity contribution is 9.10. The van der Waals surface area contributed by atoms with Crippen LogP contribution in [0.15, 0.2) is 22.7 Å². The third-order valence-electron chi connectivity index (χ3n) is 2.57. The van der Waals surface area contributed by atoms with Gasteiger partial charge in [0, 0.05) is 4.47 Å². The molecule has 1 aliphatic heterocycles. The second-order valence-corrected chi connectivity index (χ2v) is 4.54. The minimum absolute atomic E-state index is 0.326. The van der Waals surface area contributed by atoms with E-state index >= 15 is 0 Å². The van der Waals surface area contributed by atoms with Crippen LogP contribution in [0.1, 0.15) is 12.0 Å². The van der Waals surface area contributed by atoms with E-state index in [0.717, 1.165) is 15.8 Å². The van der Waals surface area contributed by atoms with E-state index in [4.69, 9.17) is 9.84 Å². The maximum Gasteiger partial charge on any atom is 0.306 e. The van der Waals surface area contributed by atoms with Gasteiger partial charge in [-0.1, -0.05) is 22.0 Å². The van der Waals surface area contributed by atoms with Gasteiger partial charge in [0.15, 0.2) is 0 Å². The third kappa shape index (κ3) is 2.31. The minimum Gasteiger partial charge on any atom is -0.493 e. The van der Waals surface area contributed by atoms with E-state index in [-0.39, 0.29) is 5.92 Å².